The highest BCUT2D eigenvalue weighted by Crippen LogP contribution is 2.25. The molecule has 3 N–H and O–H groups in total. The van der Waals surface area contributed by atoms with Gasteiger partial charge in [-0.25, -0.2) is 10.2 Å². The van der Waals surface area contributed by atoms with Gasteiger partial charge >= 0.3 is 6.03 Å². The number of urea groups is 1. The Hall–Kier alpha value is -1.06. The third-order valence-electron chi connectivity index (χ3n) is 2.43. The van der Waals surface area contributed by atoms with Crippen molar-refractivity contribution in [1.29, 1.82) is 0 Å². The minimum atomic E-state index is -0.597. The molecule has 0 radical (unpaired) electrons. The second-order valence-electron chi connectivity index (χ2n) is 3.53. The SMILES string of the molecule is NC(=O)NN=CCC1CCCCC1. The van der Waals surface area contributed by atoms with Crippen molar-refractivity contribution in [2.45, 2.75) is 38.5 Å². The molecule has 13 heavy (non-hydrogen) atoms. The number of nitrogens with zero attached hydrogens (tertiary/aromatic N) is 1. The Balaban J connectivity index is 2.09. The van der Waals surface area contributed by atoms with E-state index in [4.69, 9.17) is 5.73 Å². The van der Waals surface area contributed by atoms with Crippen LogP contribution in [0.25, 0.3) is 0 Å². The lowest BCUT2D eigenvalue weighted by atomic mass is 9.87. The van der Waals surface area contributed by atoms with Gasteiger partial charge in [0, 0.05) is 6.21 Å². The molecule has 0 aromatic carbocycles. The molecule has 0 aliphatic heterocycles. The number of carbonyl (C=O) groups is 1. The number of carbonyl (C=O) groups excluding carboxylic acids is 1. The van der Waals surface area contributed by atoms with E-state index >= 15 is 0 Å². The summed E-state index contributed by atoms with van der Waals surface area (Å²) in [5.74, 6) is 0.757. The Labute approximate surface area is 78.6 Å². The van der Waals surface area contributed by atoms with Crippen LogP contribution >= 0.6 is 0 Å². The van der Waals surface area contributed by atoms with Crippen LogP contribution in [0.4, 0.5) is 4.79 Å². The molecule has 0 spiro atoms. The summed E-state index contributed by atoms with van der Waals surface area (Å²) >= 11 is 0. The molecule has 0 atom stereocenters. The van der Waals surface area contributed by atoms with Crippen molar-refractivity contribution in [1.82, 2.24) is 5.43 Å². The van der Waals surface area contributed by atoms with E-state index in [-0.39, 0.29) is 0 Å². The topological polar surface area (TPSA) is 67.5 Å². The van der Waals surface area contributed by atoms with Gasteiger partial charge in [-0.15, -0.1) is 0 Å². The minimum absolute atomic E-state index is 0.597. The van der Waals surface area contributed by atoms with E-state index in [0.29, 0.717) is 0 Å². The van der Waals surface area contributed by atoms with E-state index in [2.05, 4.69) is 10.5 Å². The predicted octanol–water partition coefficient (Wildman–Crippen LogP) is 1.61. The van der Waals surface area contributed by atoms with Gasteiger partial charge < -0.3 is 5.73 Å². The molecule has 0 aromatic rings. The highest BCUT2D eigenvalue weighted by atomic mass is 16.2. The fourth-order valence-electron chi connectivity index (χ4n) is 1.73. The number of primary amides is 1. The van der Waals surface area contributed by atoms with E-state index in [9.17, 15) is 4.79 Å². The standard InChI is InChI=1S/C9H17N3O/c10-9(13)12-11-7-6-8-4-2-1-3-5-8/h7-8H,1-6H2,(H3,10,12,13). The number of nitrogens with one attached hydrogen (secondary N) is 1. The van der Waals surface area contributed by atoms with Crippen molar-refractivity contribution in [3.63, 3.8) is 0 Å². The average molecular weight is 183 g/mol. The van der Waals surface area contributed by atoms with Crippen LogP contribution in [0.2, 0.25) is 0 Å². The number of hydrogen-bond acceptors (Lipinski definition) is 2. The van der Waals surface area contributed by atoms with Crippen molar-refractivity contribution in [2.75, 3.05) is 0 Å². The lowest BCUT2D eigenvalue weighted by molar-refractivity contribution is 0.249. The summed E-state index contributed by atoms with van der Waals surface area (Å²) in [5, 5.41) is 3.72. The van der Waals surface area contributed by atoms with Crippen molar-refractivity contribution in [3.05, 3.63) is 0 Å². The van der Waals surface area contributed by atoms with Gasteiger partial charge in [0.2, 0.25) is 0 Å². The smallest absolute Gasteiger partial charge is 0.332 e. The molecule has 1 rings (SSSR count). The van der Waals surface area contributed by atoms with Gasteiger partial charge in [0.1, 0.15) is 0 Å². The maximum Gasteiger partial charge on any atom is 0.332 e. The van der Waals surface area contributed by atoms with Crippen LogP contribution in [0, 0.1) is 5.92 Å². The second kappa shape index (κ2) is 5.56. The van der Waals surface area contributed by atoms with Crippen LogP contribution in [0.1, 0.15) is 38.5 Å². The molecule has 1 saturated carbocycles. The van der Waals surface area contributed by atoms with Gasteiger partial charge in [-0.2, -0.15) is 5.10 Å². The number of hydrazone groups is 1. The molecule has 4 heteroatoms. The van der Waals surface area contributed by atoms with Gasteiger partial charge in [-0.3, -0.25) is 0 Å². The average Bonchev–Trinajstić information content (AvgIpc) is 2.14. The van der Waals surface area contributed by atoms with Crippen LogP contribution in [0.5, 0.6) is 0 Å². The van der Waals surface area contributed by atoms with Crippen molar-refractivity contribution in [3.8, 4) is 0 Å². The third-order valence-corrected chi connectivity index (χ3v) is 2.43. The van der Waals surface area contributed by atoms with E-state index in [1.165, 1.54) is 32.1 Å². The summed E-state index contributed by atoms with van der Waals surface area (Å²) in [6.07, 6.45) is 9.34. The fraction of sp³-hybridized carbons (Fsp3) is 0.778. The monoisotopic (exact) mass is 183 g/mol. The van der Waals surface area contributed by atoms with Crippen molar-refractivity contribution < 1.29 is 4.79 Å². The number of hydrogen-bond donors (Lipinski definition) is 2. The first kappa shape index (κ1) is 10.0. The Bertz CT molecular complexity index is 185. The maximum atomic E-state index is 10.2. The molecule has 0 aromatic heterocycles. The van der Waals surface area contributed by atoms with Crippen LogP contribution in [0.15, 0.2) is 5.10 Å². The summed E-state index contributed by atoms with van der Waals surface area (Å²) < 4.78 is 0. The molecule has 1 aliphatic rings. The largest absolute Gasteiger partial charge is 0.350 e. The lowest BCUT2D eigenvalue weighted by Gasteiger charge is -2.19. The molecule has 0 unspecified atom stereocenters. The predicted molar refractivity (Wildman–Crippen MR) is 52.4 cm³/mol. The van der Waals surface area contributed by atoms with Crippen LogP contribution < -0.4 is 11.2 Å². The van der Waals surface area contributed by atoms with E-state index in [0.717, 1.165) is 12.3 Å². The highest BCUT2D eigenvalue weighted by molar-refractivity contribution is 5.72. The first-order valence-corrected chi connectivity index (χ1v) is 4.86. The van der Waals surface area contributed by atoms with Gasteiger partial charge in [0.15, 0.2) is 0 Å². The summed E-state index contributed by atoms with van der Waals surface area (Å²) in [4.78, 5) is 10.2. The number of amides is 2. The minimum Gasteiger partial charge on any atom is -0.350 e. The van der Waals surface area contributed by atoms with Crippen LogP contribution in [-0.4, -0.2) is 12.2 Å². The van der Waals surface area contributed by atoms with E-state index < -0.39 is 6.03 Å². The number of nitrogens with two attached hydrogens (primary N) is 1. The molecule has 0 saturated heterocycles. The number of rotatable bonds is 3. The van der Waals surface area contributed by atoms with Crippen molar-refractivity contribution in [2.24, 2.45) is 16.8 Å². The van der Waals surface area contributed by atoms with Gasteiger partial charge in [0.25, 0.3) is 0 Å². The Morgan fingerprint density at radius 1 is 1.46 bits per heavy atom. The first-order valence-electron chi connectivity index (χ1n) is 4.86. The molecule has 74 valence electrons. The van der Waals surface area contributed by atoms with Crippen molar-refractivity contribution >= 4 is 12.2 Å². The molecule has 1 fully saturated rings. The molecule has 2 amide bonds. The summed E-state index contributed by atoms with van der Waals surface area (Å²) in [6, 6.07) is -0.597. The molecular formula is C9H17N3O. The Morgan fingerprint density at radius 3 is 2.77 bits per heavy atom. The Morgan fingerprint density at radius 2 is 2.15 bits per heavy atom. The van der Waals surface area contributed by atoms with Gasteiger partial charge in [0.05, 0.1) is 0 Å². The molecule has 1 aliphatic carbocycles. The van der Waals surface area contributed by atoms with Gasteiger partial charge in [-0.1, -0.05) is 32.1 Å². The molecule has 4 nitrogen and oxygen atoms in total. The summed E-state index contributed by atoms with van der Waals surface area (Å²) in [5.41, 5.74) is 7.04. The fourth-order valence-corrected chi connectivity index (χ4v) is 1.73. The van der Waals surface area contributed by atoms with Crippen LogP contribution in [-0.2, 0) is 0 Å². The lowest BCUT2D eigenvalue weighted by Crippen LogP contribution is -2.24. The molecular weight excluding hydrogens is 166 g/mol. The quantitative estimate of drug-likeness (QED) is 0.506. The van der Waals surface area contributed by atoms with Gasteiger partial charge in [-0.05, 0) is 12.3 Å². The normalized spacial score (nSPS) is 19.1. The van der Waals surface area contributed by atoms with E-state index in [1.807, 2.05) is 0 Å². The summed E-state index contributed by atoms with van der Waals surface area (Å²) in [7, 11) is 0. The Kier molecular flexibility index (Phi) is 4.29. The molecule has 0 bridgehead atoms. The first-order chi connectivity index (χ1) is 6.29. The third kappa shape index (κ3) is 4.50. The zero-order valence-corrected chi connectivity index (χ0v) is 7.83. The van der Waals surface area contributed by atoms with E-state index in [1.54, 1.807) is 6.21 Å². The zero-order valence-electron chi connectivity index (χ0n) is 7.83. The highest BCUT2D eigenvalue weighted by Gasteiger charge is 2.11. The molecule has 0 heterocycles. The summed E-state index contributed by atoms with van der Waals surface area (Å²) in [6.45, 7) is 0. The second-order valence-corrected chi connectivity index (χ2v) is 3.53. The van der Waals surface area contributed by atoms with Crippen LogP contribution in [0.3, 0.4) is 0 Å². The zero-order chi connectivity index (χ0) is 9.52. The maximum absolute atomic E-state index is 10.2.